The van der Waals surface area contributed by atoms with E-state index in [1.54, 1.807) is 32.2 Å². The van der Waals surface area contributed by atoms with Crippen LogP contribution in [0.2, 0.25) is 0 Å². The Morgan fingerprint density at radius 2 is 2.03 bits per heavy atom. The summed E-state index contributed by atoms with van der Waals surface area (Å²) in [5.74, 6) is 0.974. The van der Waals surface area contributed by atoms with Gasteiger partial charge in [0.25, 0.3) is 0 Å². The highest BCUT2D eigenvalue weighted by atomic mass is 32.2. The number of esters is 1. The molecule has 0 saturated heterocycles. The summed E-state index contributed by atoms with van der Waals surface area (Å²) in [4.78, 5) is 32.7. The molecule has 1 atom stereocenters. The molecule has 9 heteroatoms. The summed E-state index contributed by atoms with van der Waals surface area (Å²) in [6.07, 6.45) is 1.76. The van der Waals surface area contributed by atoms with Gasteiger partial charge in [0.1, 0.15) is 17.6 Å². The van der Waals surface area contributed by atoms with E-state index in [2.05, 4.69) is 20.6 Å². The number of nitrogens with zero attached hydrogens (tertiary/aromatic N) is 1. The van der Waals surface area contributed by atoms with Gasteiger partial charge in [-0.1, -0.05) is 42.1 Å². The van der Waals surface area contributed by atoms with Crippen molar-refractivity contribution in [3.63, 3.8) is 0 Å². The number of rotatable bonds is 7. The average Bonchev–Trinajstić information content (AvgIpc) is 3.42. The van der Waals surface area contributed by atoms with E-state index in [1.807, 2.05) is 30.3 Å². The molecule has 31 heavy (non-hydrogen) atoms. The third-order valence-electron chi connectivity index (χ3n) is 4.69. The Kier molecular flexibility index (Phi) is 6.13. The molecule has 3 N–H and O–H groups in total. The third-order valence-corrected chi connectivity index (χ3v) is 5.60. The van der Waals surface area contributed by atoms with Crippen LogP contribution in [0.5, 0.6) is 0 Å². The lowest BCUT2D eigenvalue weighted by Crippen LogP contribution is -2.46. The van der Waals surface area contributed by atoms with Gasteiger partial charge in [-0.15, -0.1) is 0 Å². The summed E-state index contributed by atoms with van der Waals surface area (Å²) in [6.45, 7) is 3.76. The number of aromatic nitrogens is 2. The first-order valence-corrected chi connectivity index (χ1v) is 10.8. The predicted molar refractivity (Wildman–Crippen MR) is 116 cm³/mol. The number of carbonyl (C=O) groups excluding carboxylic acids is 2. The van der Waals surface area contributed by atoms with Crippen LogP contribution >= 0.6 is 11.8 Å². The molecule has 0 saturated carbocycles. The van der Waals surface area contributed by atoms with E-state index in [-0.39, 0.29) is 6.61 Å². The number of imidazole rings is 1. The van der Waals surface area contributed by atoms with E-state index >= 15 is 0 Å². The van der Waals surface area contributed by atoms with Crippen LogP contribution in [0.4, 0.5) is 4.79 Å². The van der Waals surface area contributed by atoms with Crippen LogP contribution in [0.25, 0.3) is 11.3 Å². The standard InChI is InChI=1S/C22H22N4O4S/c1-3-29-20(27)18-16(24-21(28)26-19(18)17-10-9-13(2)30-17)12-31-22-23-11-15(25-22)14-7-5-4-6-8-14/h4-11,19H,3,12H2,1-2H3,(H,23,25)(H2,24,26,28). The SMILES string of the molecule is CCOC(=O)C1=C(CSc2ncc(-c3ccccc3)[nH]2)NC(=O)NC1c1ccc(C)o1. The Hall–Kier alpha value is -3.46. The zero-order valence-corrected chi connectivity index (χ0v) is 17.9. The van der Waals surface area contributed by atoms with Gasteiger partial charge in [-0.3, -0.25) is 0 Å². The fraction of sp³-hybridized carbons (Fsp3) is 0.227. The molecule has 0 radical (unpaired) electrons. The van der Waals surface area contributed by atoms with Gasteiger partial charge in [-0.25, -0.2) is 14.6 Å². The summed E-state index contributed by atoms with van der Waals surface area (Å²) >= 11 is 1.38. The topological polar surface area (TPSA) is 109 Å². The quantitative estimate of drug-likeness (QED) is 0.381. The minimum Gasteiger partial charge on any atom is -0.464 e. The number of thioether (sulfide) groups is 1. The molecule has 0 aliphatic carbocycles. The summed E-state index contributed by atoms with van der Waals surface area (Å²) in [7, 11) is 0. The van der Waals surface area contributed by atoms with E-state index < -0.39 is 18.0 Å². The largest absolute Gasteiger partial charge is 0.464 e. The second kappa shape index (κ2) is 9.13. The van der Waals surface area contributed by atoms with E-state index in [1.165, 1.54) is 11.8 Å². The summed E-state index contributed by atoms with van der Waals surface area (Å²) in [5.41, 5.74) is 2.69. The molecule has 3 aromatic rings. The molecule has 4 rings (SSSR count). The molecule has 0 bridgehead atoms. The van der Waals surface area contributed by atoms with Crippen molar-refractivity contribution in [2.24, 2.45) is 0 Å². The van der Waals surface area contributed by atoms with Crippen LogP contribution in [0.15, 0.2) is 69.5 Å². The van der Waals surface area contributed by atoms with Crippen molar-refractivity contribution in [1.29, 1.82) is 0 Å². The Balaban J connectivity index is 1.60. The van der Waals surface area contributed by atoms with E-state index in [9.17, 15) is 9.59 Å². The summed E-state index contributed by atoms with van der Waals surface area (Å²) in [5, 5.41) is 6.17. The maximum atomic E-state index is 12.8. The number of benzene rings is 1. The molecule has 1 unspecified atom stereocenters. The Morgan fingerprint density at radius 1 is 1.23 bits per heavy atom. The molecule has 0 spiro atoms. The lowest BCUT2D eigenvalue weighted by atomic mass is 10.0. The fourth-order valence-corrected chi connectivity index (χ4v) is 4.10. The van der Waals surface area contributed by atoms with Crippen molar-refractivity contribution < 1.29 is 18.7 Å². The first kappa shape index (κ1) is 20.8. The van der Waals surface area contributed by atoms with Gasteiger partial charge in [0, 0.05) is 11.4 Å². The summed E-state index contributed by atoms with van der Waals surface area (Å²) in [6, 6.07) is 12.2. The monoisotopic (exact) mass is 438 g/mol. The van der Waals surface area contributed by atoms with Gasteiger partial charge < -0.3 is 24.8 Å². The highest BCUT2D eigenvalue weighted by Gasteiger charge is 2.35. The number of amides is 2. The van der Waals surface area contributed by atoms with Crippen LogP contribution in [0.3, 0.4) is 0 Å². The molecule has 1 aliphatic heterocycles. The Morgan fingerprint density at radius 3 is 2.74 bits per heavy atom. The van der Waals surface area contributed by atoms with Gasteiger partial charge in [0.2, 0.25) is 0 Å². The normalized spacial score (nSPS) is 16.1. The molecule has 1 aromatic carbocycles. The number of aryl methyl sites for hydroxylation is 1. The second-order valence-corrected chi connectivity index (χ2v) is 7.81. The molecule has 160 valence electrons. The number of urea groups is 1. The molecule has 3 heterocycles. The smallest absolute Gasteiger partial charge is 0.338 e. The minimum atomic E-state index is -0.728. The molecule has 8 nitrogen and oxygen atoms in total. The zero-order valence-electron chi connectivity index (χ0n) is 17.1. The maximum absolute atomic E-state index is 12.8. The Bertz CT molecular complexity index is 1120. The van der Waals surface area contributed by atoms with Crippen LogP contribution in [0, 0.1) is 6.92 Å². The molecule has 1 aliphatic rings. The van der Waals surface area contributed by atoms with Gasteiger partial charge >= 0.3 is 12.0 Å². The number of hydrogen-bond donors (Lipinski definition) is 3. The molecule has 2 aromatic heterocycles. The highest BCUT2D eigenvalue weighted by Crippen LogP contribution is 2.31. The van der Waals surface area contributed by atoms with Crippen molar-refractivity contribution in [2.75, 3.05) is 12.4 Å². The van der Waals surface area contributed by atoms with Crippen molar-refractivity contribution in [2.45, 2.75) is 25.0 Å². The van der Waals surface area contributed by atoms with Gasteiger partial charge in [-0.2, -0.15) is 0 Å². The fourth-order valence-electron chi connectivity index (χ4n) is 3.28. The molecule has 0 fully saturated rings. The first-order valence-electron chi connectivity index (χ1n) is 9.82. The van der Waals surface area contributed by atoms with Crippen LogP contribution in [-0.4, -0.2) is 34.3 Å². The number of nitrogens with one attached hydrogen (secondary N) is 3. The van der Waals surface area contributed by atoms with Gasteiger partial charge in [0.15, 0.2) is 5.16 Å². The number of aromatic amines is 1. The molecule has 2 amide bonds. The van der Waals surface area contributed by atoms with Crippen molar-refractivity contribution in [3.8, 4) is 11.3 Å². The average molecular weight is 439 g/mol. The lowest BCUT2D eigenvalue weighted by Gasteiger charge is -2.27. The second-order valence-electron chi connectivity index (χ2n) is 6.85. The predicted octanol–water partition coefficient (Wildman–Crippen LogP) is 3.94. The van der Waals surface area contributed by atoms with Crippen LogP contribution in [-0.2, 0) is 9.53 Å². The number of H-pyrrole nitrogens is 1. The van der Waals surface area contributed by atoms with Gasteiger partial charge in [-0.05, 0) is 31.5 Å². The third kappa shape index (κ3) is 4.66. The lowest BCUT2D eigenvalue weighted by molar-refractivity contribution is -0.139. The number of furan rings is 1. The van der Waals surface area contributed by atoms with Crippen molar-refractivity contribution in [3.05, 3.63) is 71.5 Å². The van der Waals surface area contributed by atoms with Gasteiger partial charge in [0.05, 0.1) is 24.1 Å². The van der Waals surface area contributed by atoms with E-state index in [4.69, 9.17) is 9.15 Å². The number of ether oxygens (including phenoxy) is 1. The van der Waals surface area contributed by atoms with E-state index in [0.717, 1.165) is 11.3 Å². The maximum Gasteiger partial charge on any atom is 0.338 e. The molecular weight excluding hydrogens is 416 g/mol. The van der Waals surface area contributed by atoms with Crippen LogP contribution in [0.1, 0.15) is 24.5 Å². The van der Waals surface area contributed by atoms with Crippen molar-refractivity contribution in [1.82, 2.24) is 20.6 Å². The first-order chi connectivity index (χ1) is 15.0. The van der Waals surface area contributed by atoms with Crippen LogP contribution < -0.4 is 10.6 Å². The van der Waals surface area contributed by atoms with E-state index in [0.29, 0.717) is 33.7 Å². The summed E-state index contributed by atoms with van der Waals surface area (Å²) < 4.78 is 10.9. The molecular formula is C22H22N4O4S. The van der Waals surface area contributed by atoms with Crippen molar-refractivity contribution >= 4 is 23.8 Å². The Labute approximate surface area is 183 Å². The zero-order chi connectivity index (χ0) is 21.8. The number of carbonyl (C=O) groups is 2. The highest BCUT2D eigenvalue weighted by molar-refractivity contribution is 7.99. The minimum absolute atomic E-state index is 0.221. The number of hydrogen-bond acceptors (Lipinski definition) is 6.